The van der Waals surface area contributed by atoms with Gasteiger partial charge < -0.3 is 9.88 Å². The molecule has 0 saturated carbocycles. The van der Waals surface area contributed by atoms with Crippen LogP contribution in [-0.4, -0.2) is 10.5 Å². The summed E-state index contributed by atoms with van der Waals surface area (Å²) in [4.78, 5) is 24.6. The highest BCUT2D eigenvalue weighted by atomic mass is 16.2. The van der Waals surface area contributed by atoms with Crippen molar-refractivity contribution in [1.29, 1.82) is 5.26 Å². The normalized spacial score (nSPS) is 10.4. The molecule has 0 atom stereocenters. The molecule has 1 heterocycles. The molecule has 23 heavy (non-hydrogen) atoms. The number of pyridine rings is 1. The van der Waals surface area contributed by atoms with Crippen LogP contribution in [0.2, 0.25) is 0 Å². The molecule has 0 aliphatic rings. The van der Waals surface area contributed by atoms with Gasteiger partial charge >= 0.3 is 0 Å². The molecule has 0 bridgehead atoms. The molecule has 0 aliphatic carbocycles. The predicted molar refractivity (Wildman–Crippen MR) is 89.3 cm³/mol. The van der Waals surface area contributed by atoms with Crippen LogP contribution in [0.5, 0.6) is 0 Å². The summed E-state index contributed by atoms with van der Waals surface area (Å²) in [6, 6.07) is 12.5. The third kappa shape index (κ3) is 3.67. The lowest BCUT2D eigenvalue weighted by Gasteiger charge is -2.16. The van der Waals surface area contributed by atoms with E-state index in [-0.39, 0.29) is 23.9 Å². The van der Waals surface area contributed by atoms with E-state index in [0.717, 1.165) is 11.3 Å². The lowest BCUT2D eigenvalue weighted by molar-refractivity contribution is -0.116. The number of para-hydroxylation sites is 1. The maximum Gasteiger partial charge on any atom is 0.269 e. The number of hydrogen-bond acceptors (Lipinski definition) is 3. The minimum Gasteiger partial charge on any atom is -0.324 e. The van der Waals surface area contributed by atoms with Crippen LogP contribution < -0.4 is 10.9 Å². The van der Waals surface area contributed by atoms with Gasteiger partial charge in [-0.3, -0.25) is 9.59 Å². The highest BCUT2D eigenvalue weighted by Crippen LogP contribution is 2.15. The van der Waals surface area contributed by atoms with Gasteiger partial charge in [-0.05, 0) is 36.6 Å². The Labute approximate surface area is 135 Å². The quantitative estimate of drug-likeness (QED) is 0.943. The van der Waals surface area contributed by atoms with Crippen LogP contribution >= 0.6 is 0 Å². The summed E-state index contributed by atoms with van der Waals surface area (Å²) in [5, 5.41) is 11.8. The molecule has 1 N–H and O–H groups in total. The van der Waals surface area contributed by atoms with Crippen LogP contribution in [0.1, 0.15) is 36.6 Å². The van der Waals surface area contributed by atoms with E-state index in [1.54, 1.807) is 6.07 Å². The Morgan fingerprint density at radius 2 is 1.96 bits per heavy atom. The number of nitriles is 1. The van der Waals surface area contributed by atoms with E-state index < -0.39 is 5.56 Å². The van der Waals surface area contributed by atoms with Gasteiger partial charge in [-0.15, -0.1) is 0 Å². The van der Waals surface area contributed by atoms with Gasteiger partial charge in [0, 0.05) is 11.4 Å². The van der Waals surface area contributed by atoms with E-state index in [9.17, 15) is 9.59 Å². The number of aryl methyl sites for hydroxylation is 1. The molecule has 0 unspecified atom stereocenters. The van der Waals surface area contributed by atoms with Crippen molar-refractivity contribution in [3.63, 3.8) is 0 Å². The molecule has 0 aliphatic heterocycles. The topological polar surface area (TPSA) is 74.9 Å². The van der Waals surface area contributed by atoms with Crippen molar-refractivity contribution < 1.29 is 4.79 Å². The van der Waals surface area contributed by atoms with Crippen LogP contribution in [0, 0.1) is 18.3 Å². The minimum absolute atomic E-state index is 0.0399. The second-order valence-electron chi connectivity index (χ2n) is 5.69. The van der Waals surface area contributed by atoms with Gasteiger partial charge in [-0.1, -0.05) is 32.0 Å². The number of anilines is 1. The Morgan fingerprint density at radius 3 is 2.57 bits per heavy atom. The average Bonchev–Trinajstić information content (AvgIpc) is 2.51. The first kappa shape index (κ1) is 16.5. The zero-order valence-electron chi connectivity index (χ0n) is 13.5. The summed E-state index contributed by atoms with van der Waals surface area (Å²) in [6.45, 7) is 5.67. The van der Waals surface area contributed by atoms with Crippen molar-refractivity contribution in [3.05, 3.63) is 63.6 Å². The van der Waals surface area contributed by atoms with Crippen molar-refractivity contribution in [2.24, 2.45) is 0 Å². The third-order valence-corrected chi connectivity index (χ3v) is 3.64. The first-order valence-electron chi connectivity index (χ1n) is 7.43. The molecular weight excluding hydrogens is 290 g/mol. The lowest BCUT2D eigenvalue weighted by Crippen LogP contribution is -2.31. The smallest absolute Gasteiger partial charge is 0.269 e. The summed E-state index contributed by atoms with van der Waals surface area (Å²) < 4.78 is 1.37. The van der Waals surface area contributed by atoms with Gasteiger partial charge in [0.15, 0.2) is 0 Å². The van der Waals surface area contributed by atoms with E-state index in [4.69, 9.17) is 5.26 Å². The van der Waals surface area contributed by atoms with Crippen molar-refractivity contribution in [3.8, 4) is 6.07 Å². The first-order valence-corrected chi connectivity index (χ1v) is 7.43. The number of nitrogens with one attached hydrogen (secondary N) is 1. The van der Waals surface area contributed by atoms with Crippen molar-refractivity contribution in [2.45, 2.75) is 33.2 Å². The maximum absolute atomic E-state index is 12.3. The minimum atomic E-state index is -0.432. The Hall–Kier alpha value is -2.87. The molecule has 5 nitrogen and oxygen atoms in total. The Bertz CT molecular complexity index is 829. The van der Waals surface area contributed by atoms with E-state index in [0.29, 0.717) is 5.69 Å². The second-order valence-corrected chi connectivity index (χ2v) is 5.69. The third-order valence-electron chi connectivity index (χ3n) is 3.64. The van der Waals surface area contributed by atoms with Crippen LogP contribution in [-0.2, 0) is 11.3 Å². The van der Waals surface area contributed by atoms with E-state index >= 15 is 0 Å². The van der Waals surface area contributed by atoms with Gasteiger partial charge in [-0.25, -0.2) is 0 Å². The first-order chi connectivity index (χ1) is 10.9. The number of carbonyl (C=O) groups excluding carboxylic acids is 1. The fraction of sp³-hybridized carbons (Fsp3) is 0.278. The Kier molecular flexibility index (Phi) is 4.97. The van der Waals surface area contributed by atoms with Gasteiger partial charge in [0.1, 0.15) is 18.2 Å². The number of carbonyl (C=O) groups is 1. The summed E-state index contributed by atoms with van der Waals surface area (Å²) in [5.41, 5.74) is 2.00. The number of aromatic nitrogens is 1. The number of rotatable bonds is 4. The second kappa shape index (κ2) is 6.93. The largest absolute Gasteiger partial charge is 0.324 e. The van der Waals surface area contributed by atoms with Gasteiger partial charge in [-0.2, -0.15) is 5.26 Å². The molecule has 1 aromatic heterocycles. The molecule has 0 fully saturated rings. The van der Waals surface area contributed by atoms with Crippen LogP contribution in [0.15, 0.2) is 41.2 Å². The van der Waals surface area contributed by atoms with E-state index in [1.807, 2.05) is 51.1 Å². The zero-order chi connectivity index (χ0) is 17.0. The monoisotopic (exact) mass is 309 g/mol. The molecule has 0 spiro atoms. The number of hydrogen-bond donors (Lipinski definition) is 1. The maximum atomic E-state index is 12.3. The van der Waals surface area contributed by atoms with Gasteiger partial charge in [0.2, 0.25) is 5.91 Å². The number of benzene rings is 1. The lowest BCUT2D eigenvalue weighted by atomic mass is 10.1. The van der Waals surface area contributed by atoms with E-state index in [1.165, 1.54) is 10.6 Å². The average molecular weight is 309 g/mol. The fourth-order valence-electron chi connectivity index (χ4n) is 2.39. The molecule has 2 aromatic rings. The standard InChI is InChI=1S/C18H19N3O2/c1-12(2)16-9-8-14(10-19)18(23)21(16)11-17(22)20-15-7-5-4-6-13(15)3/h4-9,12H,11H2,1-3H3,(H,20,22). The molecule has 5 heteroatoms. The van der Waals surface area contributed by atoms with Crippen LogP contribution in [0.25, 0.3) is 0 Å². The molecule has 2 rings (SSSR count). The molecule has 1 amide bonds. The summed E-state index contributed by atoms with van der Waals surface area (Å²) >= 11 is 0. The summed E-state index contributed by atoms with van der Waals surface area (Å²) in [5.74, 6) is -0.222. The van der Waals surface area contributed by atoms with Crippen LogP contribution in [0.3, 0.4) is 0 Å². The Balaban J connectivity index is 2.32. The molecule has 0 saturated heterocycles. The van der Waals surface area contributed by atoms with Crippen molar-refractivity contribution in [1.82, 2.24) is 4.57 Å². The van der Waals surface area contributed by atoms with Gasteiger partial charge in [0.25, 0.3) is 5.56 Å². The van der Waals surface area contributed by atoms with E-state index in [2.05, 4.69) is 5.32 Å². The summed E-state index contributed by atoms with van der Waals surface area (Å²) in [7, 11) is 0. The fourth-order valence-corrected chi connectivity index (χ4v) is 2.39. The highest BCUT2D eigenvalue weighted by Gasteiger charge is 2.14. The molecule has 118 valence electrons. The summed E-state index contributed by atoms with van der Waals surface area (Å²) in [6.07, 6.45) is 0. The molecule has 1 aromatic carbocycles. The van der Waals surface area contributed by atoms with Gasteiger partial charge in [0.05, 0.1) is 0 Å². The Morgan fingerprint density at radius 1 is 1.26 bits per heavy atom. The SMILES string of the molecule is Cc1ccccc1NC(=O)Cn1c(C(C)C)ccc(C#N)c1=O. The molecule has 0 radical (unpaired) electrons. The number of nitrogens with zero attached hydrogens (tertiary/aromatic N) is 2. The van der Waals surface area contributed by atoms with Crippen molar-refractivity contribution >= 4 is 11.6 Å². The van der Waals surface area contributed by atoms with Crippen LogP contribution in [0.4, 0.5) is 5.69 Å². The van der Waals surface area contributed by atoms with Crippen molar-refractivity contribution in [2.75, 3.05) is 5.32 Å². The predicted octanol–water partition coefficient (Wildman–Crippen LogP) is 2.79. The number of amides is 1. The zero-order valence-corrected chi connectivity index (χ0v) is 13.5. The highest BCUT2D eigenvalue weighted by molar-refractivity contribution is 5.91. The molecular formula is C18H19N3O2.